The Morgan fingerprint density at radius 1 is 1.12 bits per heavy atom. The quantitative estimate of drug-likeness (QED) is 0.733. The molecule has 1 aromatic carbocycles. The first-order chi connectivity index (χ1) is 7.84. The third-order valence-corrected chi connectivity index (χ3v) is 3.49. The van der Waals surface area contributed by atoms with Crippen LogP contribution in [0, 0.1) is 0 Å². The molecule has 2 aliphatic rings. The number of carbonyl (C=O) groups excluding carboxylic acids is 1. The van der Waals surface area contributed by atoms with Gasteiger partial charge in [-0.05, 0) is 36.0 Å². The highest BCUT2D eigenvalue weighted by Crippen LogP contribution is 2.25. The Morgan fingerprint density at radius 2 is 2.00 bits per heavy atom. The molecule has 1 saturated heterocycles. The molecule has 84 valence electrons. The summed E-state index contributed by atoms with van der Waals surface area (Å²) in [6, 6.07) is 6.32. The monoisotopic (exact) mass is 216 g/mol. The highest BCUT2D eigenvalue weighted by Gasteiger charge is 2.24. The van der Waals surface area contributed by atoms with Crippen molar-refractivity contribution in [2.24, 2.45) is 0 Å². The number of amides is 1. The van der Waals surface area contributed by atoms with E-state index in [-0.39, 0.29) is 11.9 Å². The minimum Gasteiger partial charge on any atom is -0.353 e. The van der Waals surface area contributed by atoms with E-state index in [1.165, 1.54) is 24.0 Å². The summed E-state index contributed by atoms with van der Waals surface area (Å²) >= 11 is 0. The first-order valence-corrected chi connectivity index (χ1v) is 5.97. The molecule has 16 heavy (non-hydrogen) atoms. The van der Waals surface area contributed by atoms with Crippen molar-refractivity contribution in [1.82, 2.24) is 10.6 Å². The van der Waals surface area contributed by atoms with Crippen LogP contribution in [0.4, 0.5) is 0 Å². The molecule has 3 nitrogen and oxygen atoms in total. The molecule has 0 saturated carbocycles. The molecule has 3 rings (SSSR count). The van der Waals surface area contributed by atoms with Gasteiger partial charge in [0.15, 0.2) is 0 Å². The molecule has 0 spiro atoms. The van der Waals surface area contributed by atoms with E-state index in [1.54, 1.807) is 0 Å². The summed E-state index contributed by atoms with van der Waals surface area (Å²) < 4.78 is 0. The van der Waals surface area contributed by atoms with Crippen molar-refractivity contribution >= 4 is 5.91 Å². The van der Waals surface area contributed by atoms with Crippen LogP contribution in [0.1, 0.15) is 29.2 Å². The highest BCUT2D eigenvalue weighted by atomic mass is 16.2. The summed E-state index contributed by atoms with van der Waals surface area (Å²) in [5, 5.41) is 6.16. The van der Waals surface area contributed by atoms with Crippen LogP contribution in [0.5, 0.6) is 0 Å². The SMILES string of the molecule is O=C1NCCNC1c1ccc2c(c1)CCC2. The fourth-order valence-corrected chi connectivity index (χ4v) is 2.64. The van der Waals surface area contributed by atoms with E-state index in [4.69, 9.17) is 0 Å². The largest absolute Gasteiger partial charge is 0.353 e. The second-order valence-electron chi connectivity index (χ2n) is 4.56. The highest BCUT2D eigenvalue weighted by molar-refractivity contribution is 5.84. The Balaban J connectivity index is 1.91. The Hall–Kier alpha value is -1.35. The number of fused-ring (bicyclic) bond motifs is 1. The lowest BCUT2D eigenvalue weighted by atomic mass is 9.99. The molecule has 1 amide bonds. The van der Waals surface area contributed by atoms with Crippen LogP contribution in [-0.4, -0.2) is 19.0 Å². The van der Waals surface area contributed by atoms with Gasteiger partial charge in [0.25, 0.3) is 0 Å². The van der Waals surface area contributed by atoms with Crippen LogP contribution in [0.25, 0.3) is 0 Å². The van der Waals surface area contributed by atoms with Gasteiger partial charge in [-0.1, -0.05) is 18.2 Å². The van der Waals surface area contributed by atoms with Gasteiger partial charge in [0.05, 0.1) is 0 Å². The number of benzene rings is 1. The smallest absolute Gasteiger partial charge is 0.241 e. The molecule has 1 aliphatic heterocycles. The lowest BCUT2D eigenvalue weighted by Gasteiger charge is -2.24. The number of aryl methyl sites for hydroxylation is 2. The van der Waals surface area contributed by atoms with Crippen LogP contribution in [0.15, 0.2) is 18.2 Å². The summed E-state index contributed by atoms with van der Waals surface area (Å²) in [6.45, 7) is 1.59. The van der Waals surface area contributed by atoms with Gasteiger partial charge in [0.1, 0.15) is 6.04 Å². The minimum absolute atomic E-state index is 0.101. The molecular weight excluding hydrogens is 200 g/mol. The van der Waals surface area contributed by atoms with Crippen LogP contribution < -0.4 is 10.6 Å². The molecule has 1 aromatic rings. The van der Waals surface area contributed by atoms with Crippen molar-refractivity contribution in [3.63, 3.8) is 0 Å². The Bertz CT molecular complexity index is 428. The maximum atomic E-state index is 11.7. The average Bonchev–Trinajstić information content (AvgIpc) is 2.76. The zero-order valence-corrected chi connectivity index (χ0v) is 9.25. The van der Waals surface area contributed by atoms with Crippen LogP contribution >= 0.6 is 0 Å². The molecule has 0 bridgehead atoms. The first kappa shape index (κ1) is 9.85. The Labute approximate surface area is 95.2 Å². The van der Waals surface area contributed by atoms with Crippen molar-refractivity contribution < 1.29 is 4.79 Å². The van der Waals surface area contributed by atoms with Crippen LogP contribution in [0.3, 0.4) is 0 Å². The van der Waals surface area contributed by atoms with Gasteiger partial charge < -0.3 is 10.6 Å². The maximum Gasteiger partial charge on any atom is 0.241 e. The fourth-order valence-electron chi connectivity index (χ4n) is 2.64. The van der Waals surface area contributed by atoms with E-state index in [2.05, 4.69) is 28.8 Å². The summed E-state index contributed by atoms with van der Waals surface area (Å²) in [5.41, 5.74) is 4.00. The Morgan fingerprint density at radius 3 is 2.88 bits per heavy atom. The zero-order chi connectivity index (χ0) is 11.0. The lowest BCUT2D eigenvalue weighted by Crippen LogP contribution is -2.47. The average molecular weight is 216 g/mol. The molecule has 0 aromatic heterocycles. The van der Waals surface area contributed by atoms with Crippen molar-refractivity contribution in [2.75, 3.05) is 13.1 Å². The van der Waals surface area contributed by atoms with Crippen molar-refractivity contribution in [3.8, 4) is 0 Å². The third kappa shape index (κ3) is 1.61. The second-order valence-corrected chi connectivity index (χ2v) is 4.56. The summed E-state index contributed by atoms with van der Waals surface area (Å²) in [6.07, 6.45) is 3.61. The summed E-state index contributed by atoms with van der Waals surface area (Å²) in [7, 11) is 0. The van der Waals surface area contributed by atoms with Gasteiger partial charge in [0, 0.05) is 13.1 Å². The fraction of sp³-hybridized carbons (Fsp3) is 0.462. The van der Waals surface area contributed by atoms with E-state index < -0.39 is 0 Å². The van der Waals surface area contributed by atoms with Crippen molar-refractivity contribution in [3.05, 3.63) is 34.9 Å². The van der Waals surface area contributed by atoms with Gasteiger partial charge in [-0.25, -0.2) is 0 Å². The van der Waals surface area contributed by atoms with Crippen molar-refractivity contribution in [2.45, 2.75) is 25.3 Å². The minimum atomic E-state index is -0.153. The normalized spacial score (nSPS) is 24.0. The summed E-state index contributed by atoms with van der Waals surface area (Å²) in [5.74, 6) is 0.101. The molecule has 1 unspecified atom stereocenters. The van der Waals surface area contributed by atoms with E-state index in [0.29, 0.717) is 0 Å². The van der Waals surface area contributed by atoms with E-state index in [1.807, 2.05) is 0 Å². The summed E-state index contributed by atoms with van der Waals surface area (Å²) in [4.78, 5) is 11.7. The number of hydrogen-bond acceptors (Lipinski definition) is 2. The molecule has 1 aliphatic carbocycles. The van der Waals surface area contributed by atoms with E-state index in [0.717, 1.165) is 25.1 Å². The molecule has 1 heterocycles. The van der Waals surface area contributed by atoms with E-state index >= 15 is 0 Å². The standard InChI is InChI=1S/C13H16N2O/c16-13-12(14-6-7-15-13)11-5-4-9-2-1-3-10(9)8-11/h4-5,8,12,14H,1-3,6-7H2,(H,15,16). The molecule has 1 fully saturated rings. The van der Waals surface area contributed by atoms with Gasteiger partial charge in [-0.2, -0.15) is 0 Å². The number of piperazine rings is 1. The second kappa shape index (κ2) is 3.91. The van der Waals surface area contributed by atoms with Crippen LogP contribution in [-0.2, 0) is 17.6 Å². The first-order valence-electron chi connectivity index (χ1n) is 5.97. The van der Waals surface area contributed by atoms with Gasteiger partial charge in [-0.15, -0.1) is 0 Å². The Kier molecular flexibility index (Phi) is 2.40. The maximum absolute atomic E-state index is 11.7. The van der Waals surface area contributed by atoms with E-state index in [9.17, 15) is 4.79 Å². The molecule has 0 radical (unpaired) electrons. The lowest BCUT2D eigenvalue weighted by molar-refractivity contribution is -0.124. The molecule has 1 atom stereocenters. The topological polar surface area (TPSA) is 41.1 Å². The van der Waals surface area contributed by atoms with Gasteiger partial charge in [0.2, 0.25) is 5.91 Å². The van der Waals surface area contributed by atoms with Gasteiger partial charge in [-0.3, -0.25) is 4.79 Å². The zero-order valence-electron chi connectivity index (χ0n) is 9.25. The number of carbonyl (C=O) groups is 1. The predicted octanol–water partition coefficient (Wildman–Crippen LogP) is 0.936. The predicted molar refractivity (Wildman–Crippen MR) is 62.2 cm³/mol. The van der Waals surface area contributed by atoms with Crippen LogP contribution in [0.2, 0.25) is 0 Å². The number of nitrogens with one attached hydrogen (secondary N) is 2. The number of rotatable bonds is 1. The van der Waals surface area contributed by atoms with Crippen molar-refractivity contribution in [1.29, 1.82) is 0 Å². The molecular formula is C13H16N2O. The third-order valence-electron chi connectivity index (χ3n) is 3.49. The number of hydrogen-bond donors (Lipinski definition) is 2. The molecule has 3 heteroatoms. The molecule has 2 N–H and O–H groups in total. The van der Waals surface area contributed by atoms with Gasteiger partial charge >= 0.3 is 0 Å².